The van der Waals surface area contributed by atoms with Crippen molar-refractivity contribution in [3.8, 4) is 0 Å². The van der Waals surface area contributed by atoms with Crippen molar-refractivity contribution in [1.82, 2.24) is 9.66 Å². The van der Waals surface area contributed by atoms with Gasteiger partial charge in [0.2, 0.25) is 0 Å². The maximum atomic E-state index is 12.0. The lowest BCUT2D eigenvalue weighted by Gasteiger charge is -1.84. The van der Waals surface area contributed by atoms with E-state index >= 15 is 0 Å². The van der Waals surface area contributed by atoms with E-state index in [0.717, 1.165) is 12.4 Å². The number of hydrogen-bond donors (Lipinski definition) is 0. The van der Waals surface area contributed by atoms with Gasteiger partial charge in [-0.05, 0) is 4.68 Å². The monoisotopic (exact) mass is 131 g/mol. The van der Waals surface area contributed by atoms with Crippen LogP contribution in [0.5, 0.6) is 0 Å². The molecule has 0 N–H and O–H groups in total. The van der Waals surface area contributed by atoms with Crippen molar-refractivity contribution in [2.75, 3.05) is 0 Å². The number of rotatable bonds is 1. The zero-order valence-electron chi connectivity index (χ0n) is 4.19. The van der Waals surface area contributed by atoms with E-state index < -0.39 is 11.1 Å². The molecule has 0 aliphatic carbocycles. The molecular formula is C3H2FN3O2. The molecule has 1 heterocycles. The van der Waals surface area contributed by atoms with E-state index in [9.17, 15) is 14.5 Å². The van der Waals surface area contributed by atoms with Crippen LogP contribution in [0.1, 0.15) is 0 Å². The van der Waals surface area contributed by atoms with Gasteiger partial charge in [0, 0.05) is 0 Å². The topological polar surface area (TPSA) is 61.0 Å². The number of nitrogens with zero attached hydrogens (tertiary/aromatic N) is 3. The van der Waals surface area contributed by atoms with Gasteiger partial charge in [-0.15, -0.1) is 0 Å². The maximum absolute atomic E-state index is 12.0. The summed E-state index contributed by atoms with van der Waals surface area (Å²) < 4.78 is 12.2. The van der Waals surface area contributed by atoms with Gasteiger partial charge in [0.15, 0.2) is 5.03 Å². The second kappa shape index (κ2) is 1.81. The molecule has 0 saturated carbocycles. The number of halogens is 1. The van der Waals surface area contributed by atoms with Crippen LogP contribution in [0.15, 0.2) is 12.4 Å². The summed E-state index contributed by atoms with van der Waals surface area (Å²) in [6.45, 7) is 0. The van der Waals surface area contributed by atoms with Gasteiger partial charge >= 0.3 is 6.08 Å². The van der Waals surface area contributed by atoms with Crippen LogP contribution in [-0.2, 0) is 0 Å². The lowest BCUT2D eigenvalue weighted by atomic mass is 11.0. The summed E-state index contributed by atoms with van der Waals surface area (Å²) >= 11 is 0. The summed E-state index contributed by atoms with van der Waals surface area (Å²) in [6.07, 6.45) is 0.827. The quantitative estimate of drug-likeness (QED) is 0.400. The van der Waals surface area contributed by atoms with Gasteiger partial charge in [-0.3, -0.25) is 0 Å². The fraction of sp³-hybridized carbons (Fsp3) is 0. The summed E-state index contributed by atoms with van der Waals surface area (Å²) in [7, 11) is 0. The molecule has 0 unspecified atom stereocenters. The second-order valence-corrected chi connectivity index (χ2v) is 1.28. The molecule has 9 heavy (non-hydrogen) atoms. The Bertz CT molecular complexity index is 233. The molecule has 0 aromatic carbocycles. The third-order valence-electron chi connectivity index (χ3n) is 0.754. The Morgan fingerprint density at radius 1 is 1.89 bits per heavy atom. The third kappa shape index (κ3) is 0.857. The van der Waals surface area contributed by atoms with Crippen molar-refractivity contribution in [2.45, 2.75) is 0 Å². The first kappa shape index (κ1) is 5.67. The maximum Gasteiger partial charge on any atom is 0.350 e. The molecule has 1 aromatic rings. The standard InChI is InChI=1S/C3H2FN3O2/c4-3-5-1-2-6(3)7(8)9/h1-2H. The third-order valence-corrected chi connectivity index (χ3v) is 0.754. The minimum absolute atomic E-state index is 0.194. The van der Waals surface area contributed by atoms with E-state index in [1.54, 1.807) is 0 Å². The molecule has 0 bridgehead atoms. The lowest BCUT2D eigenvalue weighted by molar-refractivity contribution is -0.548. The first-order valence-electron chi connectivity index (χ1n) is 2.05. The van der Waals surface area contributed by atoms with Gasteiger partial charge in [-0.25, -0.2) is 15.1 Å². The van der Waals surface area contributed by atoms with Crippen molar-refractivity contribution >= 4 is 0 Å². The average Bonchev–Trinajstić information content (AvgIpc) is 2.13. The summed E-state index contributed by atoms with van der Waals surface area (Å²) in [4.78, 5) is 12.8. The van der Waals surface area contributed by atoms with Gasteiger partial charge in [-0.2, -0.15) is 4.39 Å². The Balaban J connectivity index is 3.08. The summed E-state index contributed by atoms with van der Waals surface area (Å²) in [6, 6.07) is 0. The minimum Gasteiger partial charge on any atom is -0.234 e. The first-order chi connectivity index (χ1) is 4.22. The molecule has 0 aliphatic rings. The molecule has 1 rings (SSSR count). The molecule has 0 fully saturated rings. The Labute approximate surface area is 48.9 Å². The van der Waals surface area contributed by atoms with E-state index in [1.807, 2.05) is 0 Å². The SMILES string of the molecule is O=[N+]([O-])n1ccnc1F. The highest BCUT2D eigenvalue weighted by molar-refractivity contribution is 4.72. The highest BCUT2D eigenvalue weighted by Gasteiger charge is 2.07. The minimum atomic E-state index is -1.11. The van der Waals surface area contributed by atoms with Crippen molar-refractivity contribution in [3.63, 3.8) is 0 Å². The van der Waals surface area contributed by atoms with E-state index in [0.29, 0.717) is 0 Å². The molecule has 6 heteroatoms. The second-order valence-electron chi connectivity index (χ2n) is 1.28. The Morgan fingerprint density at radius 2 is 2.56 bits per heavy atom. The smallest absolute Gasteiger partial charge is 0.234 e. The fourth-order valence-electron chi connectivity index (χ4n) is 0.400. The van der Waals surface area contributed by atoms with Crippen LogP contribution in [0.2, 0.25) is 0 Å². The van der Waals surface area contributed by atoms with Crippen molar-refractivity contribution in [3.05, 3.63) is 28.6 Å². The van der Waals surface area contributed by atoms with Crippen molar-refractivity contribution in [2.24, 2.45) is 0 Å². The zero-order chi connectivity index (χ0) is 6.85. The predicted octanol–water partition coefficient (Wildman–Crippen LogP) is 0.0620. The number of nitro groups is 1. The van der Waals surface area contributed by atoms with Crippen LogP contribution in [0.3, 0.4) is 0 Å². The van der Waals surface area contributed by atoms with Crippen LogP contribution in [-0.4, -0.2) is 14.7 Å². The van der Waals surface area contributed by atoms with Crippen LogP contribution in [0, 0.1) is 16.2 Å². The number of hydrogen-bond acceptors (Lipinski definition) is 3. The van der Waals surface area contributed by atoms with E-state index in [4.69, 9.17) is 0 Å². The van der Waals surface area contributed by atoms with E-state index in [-0.39, 0.29) is 4.68 Å². The van der Waals surface area contributed by atoms with Gasteiger partial charge in [-0.1, -0.05) is 0 Å². The highest BCUT2D eigenvalue weighted by Crippen LogP contribution is 1.91. The summed E-state index contributed by atoms with van der Waals surface area (Å²) in [5.74, 6) is 0. The summed E-state index contributed by atoms with van der Waals surface area (Å²) in [5, 5.41) is 8.87. The number of aromatic nitrogens is 2. The predicted molar refractivity (Wildman–Crippen MR) is 24.6 cm³/mol. The average molecular weight is 131 g/mol. The van der Waals surface area contributed by atoms with Crippen LogP contribution in [0.4, 0.5) is 4.39 Å². The normalized spacial score (nSPS) is 9.44. The van der Waals surface area contributed by atoms with Crippen molar-refractivity contribution < 1.29 is 9.42 Å². The van der Waals surface area contributed by atoms with Crippen molar-refractivity contribution in [1.29, 1.82) is 0 Å². The van der Waals surface area contributed by atoms with E-state index in [2.05, 4.69) is 4.98 Å². The Kier molecular flexibility index (Phi) is 1.14. The number of imidazole rings is 1. The zero-order valence-corrected chi connectivity index (χ0v) is 4.19. The molecule has 5 nitrogen and oxygen atoms in total. The molecule has 0 amide bonds. The molecular weight excluding hydrogens is 129 g/mol. The molecule has 0 atom stereocenters. The van der Waals surface area contributed by atoms with Crippen LogP contribution >= 0.6 is 0 Å². The molecule has 1 aromatic heterocycles. The highest BCUT2D eigenvalue weighted by atomic mass is 19.1. The molecule has 48 valence electrons. The van der Waals surface area contributed by atoms with Gasteiger partial charge in [0.25, 0.3) is 0 Å². The lowest BCUT2D eigenvalue weighted by Crippen LogP contribution is -2.09. The Morgan fingerprint density at radius 3 is 2.78 bits per heavy atom. The Hall–Kier alpha value is -1.46. The van der Waals surface area contributed by atoms with Gasteiger partial charge in [0.05, 0.1) is 12.4 Å². The first-order valence-corrected chi connectivity index (χ1v) is 2.05. The summed E-state index contributed by atoms with van der Waals surface area (Å²) in [5.41, 5.74) is 0. The van der Waals surface area contributed by atoms with Gasteiger partial charge < -0.3 is 0 Å². The van der Waals surface area contributed by atoms with E-state index in [1.165, 1.54) is 0 Å². The molecule has 0 aliphatic heterocycles. The van der Waals surface area contributed by atoms with Gasteiger partial charge in [0.1, 0.15) is 0 Å². The largest absolute Gasteiger partial charge is 0.350 e. The molecule has 0 saturated heterocycles. The fourth-order valence-corrected chi connectivity index (χ4v) is 0.400. The molecule has 0 radical (unpaired) electrons. The molecule has 0 spiro atoms. The van der Waals surface area contributed by atoms with Crippen LogP contribution in [0.25, 0.3) is 0 Å². The van der Waals surface area contributed by atoms with Crippen LogP contribution < -0.4 is 0 Å².